The van der Waals surface area contributed by atoms with Crippen molar-refractivity contribution in [3.05, 3.63) is 77.4 Å². The van der Waals surface area contributed by atoms with E-state index in [4.69, 9.17) is 0 Å². The third-order valence-corrected chi connectivity index (χ3v) is 5.48. The average molecular weight is 303 g/mol. The van der Waals surface area contributed by atoms with Crippen LogP contribution in [0.3, 0.4) is 0 Å². The largest absolute Gasteiger partial charge is 0.289 e. The molecule has 2 atom stereocenters. The second-order valence-electron chi connectivity index (χ2n) is 7.02. The molecule has 1 fully saturated rings. The zero-order valence-electron chi connectivity index (χ0n) is 13.9. The maximum atomic E-state index is 2.74. The summed E-state index contributed by atoms with van der Waals surface area (Å²) in [5.74, 6) is 0. The van der Waals surface area contributed by atoms with Gasteiger partial charge in [-0.2, -0.15) is 0 Å². The summed E-state index contributed by atoms with van der Waals surface area (Å²) in [6, 6.07) is 21.1. The van der Waals surface area contributed by atoms with Crippen LogP contribution in [0.25, 0.3) is 5.57 Å². The molecule has 23 heavy (non-hydrogen) atoms. The third kappa shape index (κ3) is 2.98. The number of aryl methyl sites for hydroxylation is 1. The van der Waals surface area contributed by atoms with Gasteiger partial charge in [0.15, 0.2) is 0 Å². The van der Waals surface area contributed by atoms with E-state index in [0.29, 0.717) is 12.1 Å². The molecule has 2 aromatic carbocycles. The molecule has 2 aliphatic heterocycles. The first-order valence-corrected chi connectivity index (χ1v) is 8.87. The molecule has 1 nitrogen and oxygen atoms in total. The van der Waals surface area contributed by atoms with Gasteiger partial charge in [-0.15, -0.1) is 0 Å². The van der Waals surface area contributed by atoms with E-state index in [1.807, 2.05) is 0 Å². The number of benzene rings is 2. The number of piperidine rings is 1. The summed E-state index contributed by atoms with van der Waals surface area (Å²) in [5.41, 5.74) is 5.89. The van der Waals surface area contributed by atoms with Gasteiger partial charge in [0.25, 0.3) is 0 Å². The number of nitrogens with zero attached hydrogens (tertiary/aromatic N) is 1. The van der Waals surface area contributed by atoms with Crippen molar-refractivity contribution in [3.8, 4) is 0 Å². The molecule has 2 aromatic rings. The molecule has 2 aliphatic rings. The topological polar surface area (TPSA) is 3.24 Å². The molecule has 1 heteroatoms. The number of hydrogen-bond donors (Lipinski definition) is 0. The first kappa shape index (κ1) is 14.7. The zero-order chi connectivity index (χ0) is 15.6. The Balaban J connectivity index is 1.62. The van der Waals surface area contributed by atoms with Crippen LogP contribution in [0.5, 0.6) is 0 Å². The van der Waals surface area contributed by atoms with Gasteiger partial charge < -0.3 is 0 Å². The predicted molar refractivity (Wildman–Crippen MR) is 97.2 cm³/mol. The van der Waals surface area contributed by atoms with Crippen molar-refractivity contribution in [3.63, 3.8) is 0 Å². The zero-order valence-corrected chi connectivity index (χ0v) is 13.9. The summed E-state index contributed by atoms with van der Waals surface area (Å²) in [6.07, 6.45) is 7.78. The van der Waals surface area contributed by atoms with Gasteiger partial charge in [-0.25, -0.2) is 0 Å². The van der Waals surface area contributed by atoms with Crippen LogP contribution in [0.2, 0.25) is 0 Å². The fourth-order valence-electron chi connectivity index (χ4n) is 4.29. The van der Waals surface area contributed by atoms with Crippen molar-refractivity contribution in [2.24, 2.45) is 0 Å². The van der Waals surface area contributed by atoms with Crippen molar-refractivity contribution in [2.45, 2.75) is 51.2 Å². The van der Waals surface area contributed by atoms with Crippen LogP contribution in [0.15, 0.2) is 60.7 Å². The summed E-state index contributed by atoms with van der Waals surface area (Å²) >= 11 is 0. The molecule has 2 heterocycles. The molecule has 118 valence electrons. The number of hydrogen-bond acceptors (Lipinski definition) is 1. The van der Waals surface area contributed by atoms with Crippen molar-refractivity contribution in [1.29, 1.82) is 0 Å². The van der Waals surface area contributed by atoms with Crippen molar-refractivity contribution < 1.29 is 0 Å². The van der Waals surface area contributed by atoms with Gasteiger partial charge in [0.1, 0.15) is 0 Å². The van der Waals surface area contributed by atoms with Crippen molar-refractivity contribution in [2.75, 3.05) is 0 Å². The molecular formula is C22H25N. The van der Waals surface area contributed by atoms with Crippen molar-refractivity contribution in [1.82, 2.24) is 4.90 Å². The van der Waals surface area contributed by atoms with Crippen LogP contribution >= 0.6 is 0 Å². The minimum atomic E-state index is 0.609. The molecule has 0 spiro atoms. The lowest BCUT2D eigenvalue weighted by Gasteiger charge is -2.45. The van der Waals surface area contributed by atoms with Crippen LogP contribution in [-0.2, 0) is 6.54 Å². The monoisotopic (exact) mass is 303 g/mol. The first-order chi connectivity index (χ1) is 11.3. The fraction of sp³-hybridized carbons (Fsp3) is 0.364. The molecule has 0 aromatic heterocycles. The summed E-state index contributed by atoms with van der Waals surface area (Å²) in [5, 5.41) is 0. The Bertz CT molecular complexity index is 701. The van der Waals surface area contributed by atoms with Gasteiger partial charge in [0, 0.05) is 18.6 Å². The van der Waals surface area contributed by atoms with Crippen LogP contribution in [0, 0.1) is 6.92 Å². The SMILES string of the molecule is Cc1ccccc1C1=CC2CCCC(C1)N2Cc1ccccc1. The molecule has 2 unspecified atom stereocenters. The van der Waals surface area contributed by atoms with E-state index >= 15 is 0 Å². The van der Waals surface area contributed by atoms with Crippen LogP contribution < -0.4 is 0 Å². The Hall–Kier alpha value is -1.86. The van der Waals surface area contributed by atoms with Gasteiger partial charge >= 0.3 is 0 Å². The van der Waals surface area contributed by atoms with E-state index < -0.39 is 0 Å². The molecule has 4 rings (SSSR count). The van der Waals surface area contributed by atoms with E-state index in [1.165, 1.54) is 42.4 Å². The molecule has 0 radical (unpaired) electrons. The maximum absolute atomic E-state index is 2.74. The van der Waals surface area contributed by atoms with Gasteiger partial charge in [-0.3, -0.25) is 4.90 Å². The normalized spacial score (nSPS) is 24.3. The highest BCUT2D eigenvalue weighted by Gasteiger charge is 2.34. The third-order valence-electron chi connectivity index (χ3n) is 5.48. The van der Waals surface area contributed by atoms with Crippen molar-refractivity contribution >= 4 is 5.57 Å². The maximum Gasteiger partial charge on any atom is 0.0290 e. The van der Waals surface area contributed by atoms with E-state index in [9.17, 15) is 0 Å². The summed E-state index contributed by atoms with van der Waals surface area (Å²) in [6.45, 7) is 3.33. The molecule has 0 amide bonds. The Labute approximate surface area is 139 Å². The number of rotatable bonds is 3. The highest BCUT2D eigenvalue weighted by molar-refractivity contribution is 5.70. The van der Waals surface area contributed by atoms with Gasteiger partial charge in [0.2, 0.25) is 0 Å². The molecule has 1 saturated heterocycles. The fourth-order valence-corrected chi connectivity index (χ4v) is 4.29. The van der Waals surface area contributed by atoms with Crippen LogP contribution in [0.1, 0.15) is 42.4 Å². The minimum Gasteiger partial charge on any atom is -0.289 e. The van der Waals surface area contributed by atoms with E-state index in [1.54, 1.807) is 5.57 Å². The summed E-state index contributed by atoms with van der Waals surface area (Å²) in [4.78, 5) is 2.74. The molecule has 0 aliphatic carbocycles. The standard InChI is InChI=1S/C22H25N/c1-17-8-5-6-13-22(17)19-14-20-11-7-12-21(15-19)23(20)16-18-9-3-2-4-10-18/h2-6,8-10,13-14,20-21H,7,11-12,15-16H2,1H3. The van der Waals surface area contributed by atoms with E-state index in [0.717, 1.165) is 6.54 Å². The van der Waals surface area contributed by atoms with Gasteiger partial charge in [-0.05, 0) is 48.4 Å². The molecule has 2 bridgehead atoms. The second-order valence-corrected chi connectivity index (χ2v) is 7.02. The number of fused-ring (bicyclic) bond motifs is 2. The van der Waals surface area contributed by atoms with Gasteiger partial charge in [-0.1, -0.05) is 67.1 Å². The Kier molecular flexibility index (Phi) is 4.05. The van der Waals surface area contributed by atoms with Gasteiger partial charge in [0.05, 0.1) is 0 Å². The van der Waals surface area contributed by atoms with Crippen LogP contribution in [0.4, 0.5) is 0 Å². The summed E-state index contributed by atoms with van der Waals surface area (Å²) in [7, 11) is 0. The lowest BCUT2D eigenvalue weighted by Crippen LogP contribution is -2.47. The quantitative estimate of drug-likeness (QED) is 0.753. The lowest BCUT2D eigenvalue weighted by atomic mass is 9.81. The lowest BCUT2D eigenvalue weighted by molar-refractivity contribution is 0.0951. The molecule has 0 N–H and O–H groups in total. The molecular weight excluding hydrogens is 278 g/mol. The predicted octanol–water partition coefficient (Wildman–Crippen LogP) is 5.21. The Morgan fingerprint density at radius 1 is 0.957 bits per heavy atom. The highest BCUT2D eigenvalue weighted by Crippen LogP contribution is 2.38. The molecule has 0 saturated carbocycles. The minimum absolute atomic E-state index is 0.609. The van der Waals surface area contributed by atoms with Crippen LogP contribution in [-0.4, -0.2) is 17.0 Å². The smallest absolute Gasteiger partial charge is 0.0290 e. The second kappa shape index (κ2) is 6.33. The van der Waals surface area contributed by atoms with E-state index in [2.05, 4.69) is 72.5 Å². The van der Waals surface area contributed by atoms with E-state index in [-0.39, 0.29) is 0 Å². The summed E-state index contributed by atoms with van der Waals surface area (Å²) < 4.78 is 0. The Morgan fingerprint density at radius 2 is 1.74 bits per heavy atom. The highest BCUT2D eigenvalue weighted by atomic mass is 15.2. The average Bonchev–Trinajstić information content (AvgIpc) is 2.56. The first-order valence-electron chi connectivity index (χ1n) is 8.87. The Morgan fingerprint density at radius 3 is 2.52 bits per heavy atom.